The van der Waals surface area contributed by atoms with Gasteiger partial charge in [-0.2, -0.15) is 0 Å². The maximum absolute atomic E-state index is 12.3. The van der Waals surface area contributed by atoms with Gasteiger partial charge in [0.25, 0.3) is 5.91 Å². The number of rotatable bonds is 4. The van der Waals surface area contributed by atoms with Gasteiger partial charge >= 0.3 is 0 Å². The molecule has 3 aromatic rings. The Bertz CT molecular complexity index is 865. The van der Waals surface area contributed by atoms with E-state index in [-0.39, 0.29) is 5.91 Å². The number of hydrogen-bond donors (Lipinski definition) is 2. The maximum Gasteiger partial charge on any atom is 0.274 e. The number of benzene rings is 2. The van der Waals surface area contributed by atoms with Gasteiger partial charge in [0.1, 0.15) is 5.69 Å². The number of amides is 1. The summed E-state index contributed by atoms with van der Waals surface area (Å²) >= 11 is 3.49. The molecule has 2 aromatic carbocycles. The average molecular weight is 382 g/mol. The summed E-state index contributed by atoms with van der Waals surface area (Å²) in [6, 6.07) is 18.9. The Morgan fingerprint density at radius 2 is 1.71 bits per heavy atom. The predicted octanol–water partition coefficient (Wildman–Crippen LogP) is 5.15. The highest BCUT2D eigenvalue weighted by Gasteiger charge is 2.08. The van der Waals surface area contributed by atoms with Gasteiger partial charge < -0.3 is 10.6 Å². The molecule has 3 rings (SSSR count). The first-order valence-corrected chi connectivity index (χ1v) is 8.27. The second-order valence-corrected chi connectivity index (χ2v) is 6.19. The minimum atomic E-state index is -0.239. The highest BCUT2D eigenvalue weighted by molar-refractivity contribution is 9.10. The second-order valence-electron chi connectivity index (χ2n) is 5.34. The van der Waals surface area contributed by atoms with Crippen molar-refractivity contribution in [1.82, 2.24) is 4.98 Å². The Labute approximate surface area is 149 Å². The molecule has 120 valence electrons. The number of nitrogens with one attached hydrogen (secondary N) is 2. The van der Waals surface area contributed by atoms with Crippen LogP contribution in [-0.2, 0) is 0 Å². The Kier molecular flexibility index (Phi) is 4.91. The van der Waals surface area contributed by atoms with Crippen molar-refractivity contribution in [3.05, 3.63) is 82.6 Å². The number of para-hydroxylation sites is 1. The third-order valence-corrected chi connectivity index (χ3v) is 4.36. The van der Waals surface area contributed by atoms with Gasteiger partial charge in [0.2, 0.25) is 0 Å². The Morgan fingerprint density at radius 3 is 2.46 bits per heavy atom. The van der Waals surface area contributed by atoms with E-state index < -0.39 is 0 Å². The number of pyridine rings is 1. The van der Waals surface area contributed by atoms with Crippen molar-refractivity contribution in [3.8, 4) is 0 Å². The van der Waals surface area contributed by atoms with E-state index in [4.69, 9.17) is 0 Å². The van der Waals surface area contributed by atoms with Crippen molar-refractivity contribution in [2.45, 2.75) is 6.92 Å². The summed E-state index contributed by atoms with van der Waals surface area (Å²) < 4.78 is 1.06. The molecular weight excluding hydrogens is 366 g/mol. The zero-order chi connectivity index (χ0) is 16.9. The average Bonchev–Trinajstić information content (AvgIpc) is 2.59. The van der Waals surface area contributed by atoms with Crippen LogP contribution in [0.1, 0.15) is 16.1 Å². The van der Waals surface area contributed by atoms with Crippen LogP contribution in [0.3, 0.4) is 0 Å². The lowest BCUT2D eigenvalue weighted by Crippen LogP contribution is -2.13. The van der Waals surface area contributed by atoms with Crippen molar-refractivity contribution < 1.29 is 4.79 Å². The molecule has 0 saturated carbocycles. The Balaban J connectivity index is 1.76. The molecule has 4 nitrogen and oxygen atoms in total. The van der Waals surface area contributed by atoms with Crippen LogP contribution in [0.25, 0.3) is 0 Å². The van der Waals surface area contributed by atoms with E-state index in [9.17, 15) is 4.79 Å². The molecule has 0 saturated heterocycles. The van der Waals surface area contributed by atoms with Crippen molar-refractivity contribution >= 4 is 38.9 Å². The number of nitrogens with zero attached hydrogens (tertiary/aromatic N) is 1. The molecular formula is C19H16BrN3O. The van der Waals surface area contributed by atoms with Crippen molar-refractivity contribution in [2.24, 2.45) is 0 Å². The predicted molar refractivity (Wildman–Crippen MR) is 101 cm³/mol. The van der Waals surface area contributed by atoms with E-state index in [2.05, 4.69) is 31.5 Å². The minimum absolute atomic E-state index is 0.239. The summed E-state index contributed by atoms with van der Waals surface area (Å²) in [6.07, 6.45) is 1.62. The van der Waals surface area contributed by atoms with Gasteiger partial charge in [0.15, 0.2) is 0 Å². The second kappa shape index (κ2) is 7.27. The molecule has 1 heterocycles. The fraction of sp³-hybridized carbons (Fsp3) is 0.0526. The molecule has 0 radical (unpaired) electrons. The molecule has 5 heteroatoms. The molecule has 0 unspecified atom stereocenters. The standard InChI is InChI=1S/C19H16BrN3O/c1-13-11-15(7-8-17(13)20)22-16-9-10-21-18(12-16)19(24)23-14-5-3-2-4-6-14/h2-12H,1H3,(H,21,22)(H,23,24). The SMILES string of the molecule is Cc1cc(Nc2ccnc(C(=O)Nc3ccccc3)c2)ccc1Br. The molecule has 0 aliphatic carbocycles. The molecule has 0 aliphatic heterocycles. The van der Waals surface area contributed by atoms with Crippen LogP contribution in [0.15, 0.2) is 71.3 Å². The van der Waals surface area contributed by atoms with Crippen molar-refractivity contribution in [3.63, 3.8) is 0 Å². The highest BCUT2D eigenvalue weighted by Crippen LogP contribution is 2.23. The molecule has 2 N–H and O–H groups in total. The molecule has 0 aliphatic rings. The van der Waals surface area contributed by atoms with Crippen molar-refractivity contribution in [1.29, 1.82) is 0 Å². The Hall–Kier alpha value is -2.66. The van der Waals surface area contributed by atoms with Crippen LogP contribution in [0.4, 0.5) is 17.1 Å². The number of halogens is 1. The zero-order valence-electron chi connectivity index (χ0n) is 13.1. The molecule has 1 amide bonds. The lowest BCUT2D eigenvalue weighted by atomic mass is 10.2. The summed E-state index contributed by atoms with van der Waals surface area (Å²) in [5.74, 6) is -0.239. The highest BCUT2D eigenvalue weighted by atomic mass is 79.9. The van der Waals surface area contributed by atoms with Gasteiger partial charge in [-0.15, -0.1) is 0 Å². The molecule has 0 spiro atoms. The van der Waals surface area contributed by atoms with Crippen LogP contribution in [0.2, 0.25) is 0 Å². The number of aryl methyl sites for hydroxylation is 1. The summed E-state index contributed by atoms with van der Waals surface area (Å²) in [7, 11) is 0. The quantitative estimate of drug-likeness (QED) is 0.656. The summed E-state index contributed by atoms with van der Waals surface area (Å²) in [6.45, 7) is 2.03. The normalized spacial score (nSPS) is 10.2. The van der Waals surface area contributed by atoms with Crippen LogP contribution in [-0.4, -0.2) is 10.9 Å². The number of carbonyl (C=O) groups is 1. The number of aromatic nitrogens is 1. The number of anilines is 3. The van der Waals surface area contributed by atoms with Gasteiger partial charge in [0.05, 0.1) is 0 Å². The fourth-order valence-electron chi connectivity index (χ4n) is 2.24. The molecule has 0 fully saturated rings. The molecule has 0 bridgehead atoms. The first-order chi connectivity index (χ1) is 11.6. The van der Waals surface area contributed by atoms with E-state index in [1.165, 1.54) is 0 Å². The van der Waals surface area contributed by atoms with E-state index in [0.29, 0.717) is 5.69 Å². The van der Waals surface area contributed by atoms with Gasteiger partial charge in [0, 0.05) is 27.7 Å². The summed E-state index contributed by atoms with van der Waals surface area (Å²) in [4.78, 5) is 16.5. The van der Waals surface area contributed by atoms with Crippen LogP contribution in [0, 0.1) is 6.92 Å². The summed E-state index contributed by atoms with van der Waals surface area (Å²) in [5.41, 5.74) is 4.00. The minimum Gasteiger partial charge on any atom is -0.355 e. The maximum atomic E-state index is 12.3. The molecule has 1 aromatic heterocycles. The van der Waals surface area contributed by atoms with Gasteiger partial charge in [-0.1, -0.05) is 34.1 Å². The van der Waals surface area contributed by atoms with E-state index in [1.807, 2.05) is 61.5 Å². The number of carbonyl (C=O) groups excluding carboxylic acids is 1. The topological polar surface area (TPSA) is 54.0 Å². The van der Waals surface area contributed by atoms with Gasteiger partial charge in [-0.05, 0) is 55.0 Å². The van der Waals surface area contributed by atoms with E-state index in [1.54, 1.807) is 12.3 Å². The summed E-state index contributed by atoms with van der Waals surface area (Å²) in [5, 5.41) is 6.12. The third-order valence-electron chi connectivity index (χ3n) is 3.47. The van der Waals surface area contributed by atoms with Gasteiger partial charge in [-0.3, -0.25) is 9.78 Å². The molecule has 24 heavy (non-hydrogen) atoms. The lowest BCUT2D eigenvalue weighted by Gasteiger charge is -2.10. The van der Waals surface area contributed by atoms with Crippen molar-refractivity contribution in [2.75, 3.05) is 10.6 Å². The van der Waals surface area contributed by atoms with Gasteiger partial charge in [-0.25, -0.2) is 0 Å². The van der Waals surface area contributed by atoms with Crippen LogP contribution >= 0.6 is 15.9 Å². The largest absolute Gasteiger partial charge is 0.355 e. The monoisotopic (exact) mass is 381 g/mol. The van der Waals surface area contributed by atoms with E-state index in [0.717, 1.165) is 27.1 Å². The van der Waals surface area contributed by atoms with Crippen LogP contribution in [0.5, 0.6) is 0 Å². The third kappa shape index (κ3) is 4.00. The zero-order valence-corrected chi connectivity index (χ0v) is 14.7. The smallest absolute Gasteiger partial charge is 0.274 e. The fourth-order valence-corrected chi connectivity index (χ4v) is 2.48. The number of hydrogen-bond acceptors (Lipinski definition) is 3. The first-order valence-electron chi connectivity index (χ1n) is 7.47. The lowest BCUT2D eigenvalue weighted by molar-refractivity contribution is 0.102. The van der Waals surface area contributed by atoms with Crippen LogP contribution < -0.4 is 10.6 Å². The first kappa shape index (κ1) is 16.2. The molecule has 0 atom stereocenters. The Morgan fingerprint density at radius 1 is 0.958 bits per heavy atom. The van der Waals surface area contributed by atoms with E-state index >= 15 is 0 Å².